The van der Waals surface area contributed by atoms with Gasteiger partial charge < -0.3 is 9.47 Å². The third kappa shape index (κ3) is 3.58. The summed E-state index contributed by atoms with van der Waals surface area (Å²) in [6, 6.07) is 10.3. The zero-order valence-corrected chi connectivity index (χ0v) is 10.9. The number of alkyl halides is 1. The Balaban J connectivity index is 1.77. The van der Waals surface area contributed by atoms with Crippen LogP contribution in [0.2, 0.25) is 0 Å². The number of benzene rings is 1. The summed E-state index contributed by atoms with van der Waals surface area (Å²) >= 11 is 3.63. The van der Waals surface area contributed by atoms with Crippen molar-refractivity contribution < 1.29 is 9.47 Å². The molecule has 0 bridgehead atoms. The fourth-order valence-electron chi connectivity index (χ4n) is 1.79. The molecule has 0 aliphatic carbocycles. The highest BCUT2D eigenvalue weighted by Crippen LogP contribution is 2.24. The quantitative estimate of drug-likeness (QED) is 0.786. The lowest BCUT2D eigenvalue weighted by atomic mass is 10.1. The molecule has 1 fully saturated rings. The molecule has 1 saturated heterocycles. The lowest BCUT2D eigenvalue weighted by Gasteiger charge is -2.23. The van der Waals surface area contributed by atoms with Crippen LogP contribution in [0.4, 0.5) is 0 Å². The minimum Gasteiger partial charge on any atom is -0.353 e. The Hall–Kier alpha value is -0.380. The van der Waals surface area contributed by atoms with E-state index in [0.29, 0.717) is 6.61 Å². The molecule has 2 atom stereocenters. The first kappa shape index (κ1) is 12.1. The lowest BCUT2D eigenvalue weighted by molar-refractivity contribution is -0.161. The van der Waals surface area contributed by atoms with Crippen LogP contribution in [0, 0.1) is 0 Å². The topological polar surface area (TPSA) is 18.5 Å². The van der Waals surface area contributed by atoms with Crippen LogP contribution in [0.25, 0.3) is 0 Å². The molecule has 88 valence electrons. The second-order valence-corrected chi connectivity index (χ2v) is 5.11. The summed E-state index contributed by atoms with van der Waals surface area (Å²) in [6.07, 6.45) is 3.39. The van der Waals surface area contributed by atoms with Crippen LogP contribution in [-0.2, 0) is 9.47 Å². The molecule has 2 rings (SSSR count). The summed E-state index contributed by atoms with van der Waals surface area (Å²) in [5, 5.41) is 0. The molecule has 0 radical (unpaired) electrons. The lowest BCUT2D eigenvalue weighted by Crippen LogP contribution is -2.23. The van der Waals surface area contributed by atoms with Crippen LogP contribution in [0.3, 0.4) is 0 Å². The Kier molecular flexibility index (Phi) is 4.82. The van der Waals surface area contributed by atoms with Crippen molar-refractivity contribution in [3.05, 3.63) is 35.9 Å². The summed E-state index contributed by atoms with van der Waals surface area (Å²) in [4.78, 5) is 0.249. The summed E-state index contributed by atoms with van der Waals surface area (Å²) in [5.41, 5.74) is 1.25. The number of halogens is 1. The van der Waals surface area contributed by atoms with Crippen LogP contribution >= 0.6 is 15.9 Å². The Labute approximate surface area is 105 Å². The predicted octanol–water partition coefficient (Wildman–Crippen LogP) is 3.67. The summed E-state index contributed by atoms with van der Waals surface area (Å²) in [7, 11) is 0. The molecule has 0 N–H and O–H groups in total. The highest BCUT2D eigenvalue weighted by molar-refractivity contribution is 9.09. The van der Waals surface area contributed by atoms with E-state index in [0.717, 1.165) is 19.4 Å². The van der Waals surface area contributed by atoms with Gasteiger partial charge in [0.25, 0.3) is 0 Å². The van der Waals surface area contributed by atoms with E-state index in [-0.39, 0.29) is 11.1 Å². The molecular formula is C13H17BrO2. The van der Waals surface area contributed by atoms with Gasteiger partial charge in [-0.1, -0.05) is 46.3 Å². The first-order valence-corrected chi connectivity index (χ1v) is 6.70. The van der Waals surface area contributed by atoms with Crippen molar-refractivity contribution in [2.45, 2.75) is 30.4 Å². The van der Waals surface area contributed by atoms with Gasteiger partial charge in [0.15, 0.2) is 6.29 Å². The molecule has 1 aliphatic rings. The number of hydrogen-bond acceptors (Lipinski definition) is 2. The first-order chi connectivity index (χ1) is 7.86. The summed E-state index contributed by atoms with van der Waals surface area (Å²) in [6.45, 7) is 1.50. The zero-order chi connectivity index (χ0) is 11.2. The van der Waals surface area contributed by atoms with Crippen LogP contribution in [0.5, 0.6) is 0 Å². The second kappa shape index (κ2) is 6.38. The van der Waals surface area contributed by atoms with Crippen LogP contribution in [-0.4, -0.2) is 19.5 Å². The van der Waals surface area contributed by atoms with Gasteiger partial charge in [-0.2, -0.15) is 0 Å². The summed E-state index contributed by atoms with van der Waals surface area (Å²) < 4.78 is 11.3. The van der Waals surface area contributed by atoms with Gasteiger partial charge in [-0.05, 0) is 24.8 Å². The molecule has 0 spiro atoms. The van der Waals surface area contributed by atoms with Crippen molar-refractivity contribution in [3.8, 4) is 0 Å². The Morgan fingerprint density at radius 3 is 2.81 bits per heavy atom. The smallest absolute Gasteiger partial charge is 0.157 e. The average Bonchev–Trinajstić information content (AvgIpc) is 2.38. The maximum absolute atomic E-state index is 5.73. The SMILES string of the molecule is BrC(COC1CCCCO1)c1ccccc1. The normalized spacial score (nSPS) is 22.9. The van der Waals surface area contributed by atoms with Gasteiger partial charge in [0.05, 0.1) is 11.4 Å². The van der Waals surface area contributed by atoms with E-state index in [1.165, 1.54) is 12.0 Å². The van der Waals surface area contributed by atoms with Crippen molar-refractivity contribution in [1.82, 2.24) is 0 Å². The Bertz CT molecular complexity index is 296. The van der Waals surface area contributed by atoms with Gasteiger partial charge in [-0.3, -0.25) is 0 Å². The molecule has 3 heteroatoms. The number of hydrogen-bond donors (Lipinski definition) is 0. The third-order valence-corrected chi connectivity index (χ3v) is 3.52. The molecule has 1 aromatic rings. The van der Waals surface area contributed by atoms with E-state index >= 15 is 0 Å². The van der Waals surface area contributed by atoms with Gasteiger partial charge in [0.2, 0.25) is 0 Å². The zero-order valence-electron chi connectivity index (χ0n) is 9.27. The van der Waals surface area contributed by atoms with Crippen molar-refractivity contribution in [3.63, 3.8) is 0 Å². The third-order valence-electron chi connectivity index (χ3n) is 2.73. The Morgan fingerprint density at radius 2 is 2.12 bits per heavy atom. The molecule has 2 nitrogen and oxygen atoms in total. The maximum Gasteiger partial charge on any atom is 0.157 e. The van der Waals surface area contributed by atoms with Crippen LogP contribution in [0.1, 0.15) is 29.7 Å². The standard InChI is InChI=1S/C13H17BrO2/c14-12(11-6-2-1-3-7-11)10-16-13-8-4-5-9-15-13/h1-3,6-7,12-13H,4-5,8-10H2. The fraction of sp³-hybridized carbons (Fsp3) is 0.538. The Morgan fingerprint density at radius 1 is 1.31 bits per heavy atom. The average molecular weight is 285 g/mol. The van der Waals surface area contributed by atoms with E-state index in [1.54, 1.807) is 0 Å². The molecule has 2 unspecified atom stereocenters. The predicted molar refractivity (Wildman–Crippen MR) is 67.7 cm³/mol. The minimum absolute atomic E-state index is 0.00230. The van der Waals surface area contributed by atoms with Crippen molar-refractivity contribution in [2.24, 2.45) is 0 Å². The molecule has 16 heavy (non-hydrogen) atoms. The maximum atomic E-state index is 5.73. The first-order valence-electron chi connectivity index (χ1n) is 5.78. The molecule has 0 amide bonds. The van der Waals surface area contributed by atoms with Gasteiger partial charge in [-0.25, -0.2) is 0 Å². The van der Waals surface area contributed by atoms with E-state index in [4.69, 9.17) is 9.47 Å². The second-order valence-electron chi connectivity index (χ2n) is 4.01. The van der Waals surface area contributed by atoms with Crippen LogP contribution < -0.4 is 0 Å². The van der Waals surface area contributed by atoms with Gasteiger partial charge in [0.1, 0.15) is 0 Å². The van der Waals surface area contributed by atoms with Crippen LogP contribution in [0.15, 0.2) is 30.3 Å². The molecule has 0 aromatic heterocycles. The van der Waals surface area contributed by atoms with E-state index in [2.05, 4.69) is 28.1 Å². The summed E-state index contributed by atoms with van der Waals surface area (Å²) in [5.74, 6) is 0. The van der Waals surface area contributed by atoms with Crippen molar-refractivity contribution >= 4 is 15.9 Å². The van der Waals surface area contributed by atoms with Crippen molar-refractivity contribution in [1.29, 1.82) is 0 Å². The molecule has 1 aromatic carbocycles. The number of ether oxygens (including phenoxy) is 2. The van der Waals surface area contributed by atoms with Crippen molar-refractivity contribution in [2.75, 3.05) is 13.2 Å². The largest absolute Gasteiger partial charge is 0.353 e. The van der Waals surface area contributed by atoms with E-state index in [9.17, 15) is 0 Å². The van der Waals surface area contributed by atoms with Gasteiger partial charge in [-0.15, -0.1) is 0 Å². The van der Waals surface area contributed by atoms with E-state index in [1.807, 2.05) is 18.2 Å². The van der Waals surface area contributed by atoms with Gasteiger partial charge >= 0.3 is 0 Å². The fourth-order valence-corrected chi connectivity index (χ4v) is 2.25. The van der Waals surface area contributed by atoms with Gasteiger partial charge in [0, 0.05) is 6.61 Å². The minimum atomic E-state index is -0.00230. The molecule has 0 saturated carbocycles. The molecular weight excluding hydrogens is 268 g/mol. The molecule has 1 heterocycles. The number of rotatable bonds is 4. The highest BCUT2D eigenvalue weighted by atomic mass is 79.9. The molecule has 1 aliphatic heterocycles. The van der Waals surface area contributed by atoms with E-state index < -0.39 is 0 Å². The monoisotopic (exact) mass is 284 g/mol. The highest BCUT2D eigenvalue weighted by Gasteiger charge is 2.16.